The van der Waals surface area contributed by atoms with Crippen LogP contribution in [-0.4, -0.2) is 9.55 Å². The van der Waals surface area contributed by atoms with Crippen molar-refractivity contribution in [1.82, 2.24) is 9.55 Å². The summed E-state index contributed by atoms with van der Waals surface area (Å²) in [4.78, 5) is 18.7. The molecule has 25 heavy (non-hydrogen) atoms. The number of fused-ring (bicyclic) bond motifs is 1. The largest absolute Gasteiger partial charge is 0.268 e. The summed E-state index contributed by atoms with van der Waals surface area (Å²) in [6.45, 7) is 0. The van der Waals surface area contributed by atoms with E-state index in [0.29, 0.717) is 22.4 Å². The molecule has 0 amide bonds. The average molecular weight is 348 g/mol. The maximum atomic E-state index is 13.3. The molecule has 4 rings (SSSR count). The van der Waals surface area contributed by atoms with E-state index in [9.17, 15) is 9.18 Å². The van der Waals surface area contributed by atoms with Crippen molar-refractivity contribution in [2.24, 2.45) is 0 Å². The van der Waals surface area contributed by atoms with Gasteiger partial charge in [0.05, 0.1) is 16.6 Å². The van der Waals surface area contributed by atoms with Gasteiger partial charge in [0.2, 0.25) is 0 Å². The van der Waals surface area contributed by atoms with Crippen LogP contribution in [0.5, 0.6) is 0 Å². The van der Waals surface area contributed by atoms with Crippen LogP contribution in [-0.2, 0) is 0 Å². The van der Waals surface area contributed by atoms with E-state index in [-0.39, 0.29) is 11.4 Å². The predicted octanol–water partition coefficient (Wildman–Crippen LogP) is 4.76. The van der Waals surface area contributed by atoms with E-state index in [1.807, 2.05) is 47.9 Å². The van der Waals surface area contributed by atoms with Gasteiger partial charge in [-0.05, 0) is 60.0 Å². The van der Waals surface area contributed by atoms with Crippen molar-refractivity contribution < 1.29 is 4.39 Å². The molecule has 0 atom stereocenters. The summed E-state index contributed by atoms with van der Waals surface area (Å²) in [5.74, 6) is 0.157. The van der Waals surface area contributed by atoms with Crippen molar-refractivity contribution in [3.8, 4) is 5.69 Å². The SMILES string of the molecule is O=c1c2ccccc2nc(/C=C/c2cccs2)n1-c1ccc(F)cc1. The topological polar surface area (TPSA) is 34.9 Å². The molecule has 4 aromatic rings. The number of nitrogens with zero attached hydrogens (tertiary/aromatic N) is 2. The van der Waals surface area contributed by atoms with Gasteiger partial charge in [0, 0.05) is 4.88 Å². The molecule has 3 nitrogen and oxygen atoms in total. The summed E-state index contributed by atoms with van der Waals surface area (Å²) in [5, 5.41) is 2.51. The van der Waals surface area contributed by atoms with Crippen LogP contribution in [0, 0.1) is 5.82 Å². The summed E-state index contributed by atoms with van der Waals surface area (Å²) >= 11 is 1.60. The molecule has 0 unspecified atom stereocenters. The van der Waals surface area contributed by atoms with Gasteiger partial charge in [0.1, 0.15) is 11.6 Å². The van der Waals surface area contributed by atoms with Gasteiger partial charge < -0.3 is 0 Å². The first kappa shape index (κ1) is 15.5. The van der Waals surface area contributed by atoms with Crippen molar-refractivity contribution >= 4 is 34.4 Å². The first-order chi connectivity index (χ1) is 12.2. The fourth-order valence-electron chi connectivity index (χ4n) is 2.64. The number of aromatic nitrogens is 2. The zero-order chi connectivity index (χ0) is 17.2. The van der Waals surface area contributed by atoms with Crippen LogP contribution < -0.4 is 5.56 Å². The molecule has 0 fully saturated rings. The Morgan fingerprint density at radius 1 is 0.960 bits per heavy atom. The normalized spacial score (nSPS) is 11.4. The van der Waals surface area contributed by atoms with E-state index in [1.54, 1.807) is 29.5 Å². The molecule has 0 N–H and O–H groups in total. The Kier molecular flexibility index (Phi) is 3.99. The van der Waals surface area contributed by atoms with Crippen molar-refractivity contribution in [3.63, 3.8) is 0 Å². The molecule has 122 valence electrons. The van der Waals surface area contributed by atoms with Crippen LogP contribution in [0.4, 0.5) is 4.39 Å². The molecule has 0 spiro atoms. The number of rotatable bonds is 3. The fourth-order valence-corrected chi connectivity index (χ4v) is 3.26. The summed E-state index contributed by atoms with van der Waals surface area (Å²) in [7, 11) is 0. The Hall–Kier alpha value is -3.05. The van der Waals surface area contributed by atoms with Gasteiger partial charge in [-0.25, -0.2) is 9.37 Å². The Labute approximate surface area is 147 Å². The molecular weight excluding hydrogens is 335 g/mol. The molecule has 0 radical (unpaired) electrons. The third-order valence-corrected chi connectivity index (χ3v) is 4.66. The van der Waals surface area contributed by atoms with Crippen molar-refractivity contribution in [1.29, 1.82) is 0 Å². The number of thiophene rings is 1. The maximum absolute atomic E-state index is 13.3. The Morgan fingerprint density at radius 3 is 2.52 bits per heavy atom. The van der Waals surface area contributed by atoms with Gasteiger partial charge in [-0.1, -0.05) is 18.2 Å². The van der Waals surface area contributed by atoms with E-state index in [1.165, 1.54) is 16.7 Å². The third-order valence-electron chi connectivity index (χ3n) is 3.83. The van der Waals surface area contributed by atoms with Gasteiger partial charge in [0.25, 0.3) is 5.56 Å². The molecule has 5 heteroatoms. The predicted molar refractivity (Wildman–Crippen MR) is 101 cm³/mol. The highest BCUT2D eigenvalue weighted by Gasteiger charge is 2.11. The van der Waals surface area contributed by atoms with Crippen LogP contribution in [0.25, 0.3) is 28.7 Å². The van der Waals surface area contributed by atoms with Crippen LogP contribution in [0.15, 0.2) is 70.8 Å². The molecule has 2 aromatic heterocycles. The second-order valence-corrected chi connectivity index (χ2v) is 6.43. The number of hydrogen-bond donors (Lipinski definition) is 0. The minimum Gasteiger partial charge on any atom is -0.268 e. The van der Waals surface area contributed by atoms with E-state index in [2.05, 4.69) is 4.98 Å². The fraction of sp³-hybridized carbons (Fsp3) is 0. The summed E-state index contributed by atoms with van der Waals surface area (Å²) in [5.41, 5.74) is 1.04. The molecule has 0 aliphatic carbocycles. The smallest absolute Gasteiger partial charge is 0.266 e. The lowest BCUT2D eigenvalue weighted by Crippen LogP contribution is -2.22. The average Bonchev–Trinajstić information content (AvgIpc) is 3.15. The zero-order valence-electron chi connectivity index (χ0n) is 13.1. The Morgan fingerprint density at radius 2 is 1.76 bits per heavy atom. The maximum Gasteiger partial charge on any atom is 0.266 e. The molecule has 0 saturated heterocycles. The van der Waals surface area contributed by atoms with Gasteiger partial charge in [-0.15, -0.1) is 11.3 Å². The number of para-hydroxylation sites is 1. The lowest BCUT2D eigenvalue weighted by molar-refractivity contribution is 0.627. The lowest BCUT2D eigenvalue weighted by Gasteiger charge is -2.11. The standard InChI is InChI=1S/C20H13FN2OS/c21-14-7-9-15(10-8-14)23-19(12-11-16-4-3-13-25-16)22-18-6-2-1-5-17(18)20(23)24/h1-13H/b12-11+. The Balaban J connectivity index is 1.97. The van der Waals surface area contributed by atoms with Gasteiger partial charge in [0.15, 0.2) is 0 Å². The van der Waals surface area contributed by atoms with E-state index >= 15 is 0 Å². The molecular formula is C20H13FN2OS. The minimum absolute atomic E-state index is 0.178. The second-order valence-electron chi connectivity index (χ2n) is 5.45. The molecule has 0 saturated carbocycles. The van der Waals surface area contributed by atoms with Crippen LogP contribution >= 0.6 is 11.3 Å². The van der Waals surface area contributed by atoms with E-state index in [0.717, 1.165) is 4.88 Å². The Bertz CT molecular complexity index is 1110. The van der Waals surface area contributed by atoms with E-state index in [4.69, 9.17) is 0 Å². The van der Waals surface area contributed by atoms with E-state index < -0.39 is 0 Å². The first-order valence-corrected chi connectivity index (χ1v) is 8.60. The molecule has 0 aliphatic heterocycles. The summed E-state index contributed by atoms with van der Waals surface area (Å²) in [6.07, 6.45) is 3.73. The van der Waals surface area contributed by atoms with Gasteiger partial charge in [-0.2, -0.15) is 0 Å². The minimum atomic E-state index is -0.346. The van der Waals surface area contributed by atoms with Gasteiger partial charge >= 0.3 is 0 Å². The second kappa shape index (κ2) is 6.45. The summed E-state index contributed by atoms with van der Waals surface area (Å²) in [6, 6.07) is 17.0. The monoisotopic (exact) mass is 348 g/mol. The number of benzene rings is 2. The van der Waals surface area contributed by atoms with Crippen molar-refractivity contribution in [3.05, 3.63) is 92.9 Å². The third kappa shape index (κ3) is 3.02. The van der Waals surface area contributed by atoms with Crippen LogP contribution in [0.2, 0.25) is 0 Å². The highest BCUT2D eigenvalue weighted by Crippen LogP contribution is 2.17. The first-order valence-electron chi connectivity index (χ1n) is 7.72. The number of halogens is 1. The van der Waals surface area contributed by atoms with Crippen LogP contribution in [0.1, 0.15) is 10.7 Å². The number of hydrogen-bond acceptors (Lipinski definition) is 3. The van der Waals surface area contributed by atoms with Crippen LogP contribution in [0.3, 0.4) is 0 Å². The van der Waals surface area contributed by atoms with Crippen molar-refractivity contribution in [2.45, 2.75) is 0 Å². The van der Waals surface area contributed by atoms with Gasteiger partial charge in [-0.3, -0.25) is 9.36 Å². The highest BCUT2D eigenvalue weighted by atomic mass is 32.1. The van der Waals surface area contributed by atoms with Crippen molar-refractivity contribution in [2.75, 3.05) is 0 Å². The molecule has 0 bridgehead atoms. The highest BCUT2D eigenvalue weighted by molar-refractivity contribution is 7.10. The molecule has 0 aliphatic rings. The molecule has 2 aromatic carbocycles. The zero-order valence-corrected chi connectivity index (χ0v) is 13.9. The quantitative estimate of drug-likeness (QED) is 0.535. The summed E-state index contributed by atoms with van der Waals surface area (Å²) < 4.78 is 14.8. The molecule has 2 heterocycles. The lowest BCUT2D eigenvalue weighted by atomic mass is 10.2.